The first-order chi connectivity index (χ1) is 11.2. The van der Waals surface area contributed by atoms with Crippen molar-refractivity contribution in [2.45, 2.75) is 6.54 Å². The predicted octanol–water partition coefficient (Wildman–Crippen LogP) is 2.58. The number of carboxylic acids is 1. The van der Waals surface area contributed by atoms with Gasteiger partial charge < -0.3 is 9.84 Å². The molecule has 1 aromatic heterocycles. The van der Waals surface area contributed by atoms with Crippen LogP contribution in [-0.2, 0) is 11.3 Å². The molecule has 0 radical (unpaired) electrons. The van der Waals surface area contributed by atoms with Crippen molar-refractivity contribution < 1.29 is 14.6 Å². The van der Waals surface area contributed by atoms with E-state index < -0.39 is 5.97 Å². The number of ether oxygens (including phenoxy) is 1. The summed E-state index contributed by atoms with van der Waals surface area (Å²) in [6, 6.07) is 7.89. The van der Waals surface area contributed by atoms with Crippen molar-refractivity contribution >= 4 is 17.3 Å². The fourth-order valence-electron chi connectivity index (χ4n) is 3.66. The Balaban J connectivity index is 1.43. The number of nitrogens with zero attached hydrogens (tertiary/aromatic N) is 2. The maximum absolute atomic E-state index is 11.0. The lowest BCUT2D eigenvalue weighted by atomic mass is 10.2. The van der Waals surface area contributed by atoms with Crippen molar-refractivity contribution in [3.63, 3.8) is 0 Å². The smallest absolute Gasteiger partial charge is 0.307 e. The molecule has 2 aromatic rings. The molecule has 1 aliphatic carbocycles. The summed E-state index contributed by atoms with van der Waals surface area (Å²) >= 11 is 1.68. The summed E-state index contributed by atoms with van der Waals surface area (Å²) in [7, 11) is 1.67. The van der Waals surface area contributed by atoms with E-state index in [1.165, 1.54) is 4.88 Å². The van der Waals surface area contributed by atoms with Crippen LogP contribution in [0.2, 0.25) is 0 Å². The number of aliphatic carboxylic acids is 1. The number of hydrogen-bond acceptors (Lipinski definition) is 5. The van der Waals surface area contributed by atoms with Crippen LogP contribution in [0.1, 0.15) is 4.88 Å². The molecule has 2 heterocycles. The predicted molar refractivity (Wildman–Crippen MR) is 87.5 cm³/mol. The maximum Gasteiger partial charge on any atom is 0.307 e. The van der Waals surface area contributed by atoms with Crippen molar-refractivity contribution in [2.75, 3.05) is 20.2 Å². The third-order valence-electron chi connectivity index (χ3n) is 4.83. The monoisotopic (exact) mass is 330 g/mol. The number of rotatable bonds is 5. The Kier molecular flexibility index (Phi) is 3.58. The van der Waals surface area contributed by atoms with Gasteiger partial charge in [-0.3, -0.25) is 9.69 Å². The van der Waals surface area contributed by atoms with E-state index >= 15 is 0 Å². The highest BCUT2D eigenvalue weighted by molar-refractivity contribution is 7.15. The lowest BCUT2D eigenvalue weighted by molar-refractivity contribution is -0.139. The number of para-hydroxylation sites is 1. The molecule has 2 atom stereocenters. The molecule has 23 heavy (non-hydrogen) atoms. The second-order valence-corrected chi connectivity index (χ2v) is 7.33. The SMILES string of the molecule is COc1ccccc1-c1ncc(CN2CC3C(C2)C3C(=O)O)s1. The van der Waals surface area contributed by atoms with E-state index in [1.807, 2.05) is 30.5 Å². The molecule has 0 amide bonds. The number of likely N-dealkylation sites (tertiary alicyclic amines) is 1. The molecule has 6 heteroatoms. The molecule has 1 N–H and O–H groups in total. The number of piperidine rings is 1. The fraction of sp³-hybridized carbons (Fsp3) is 0.412. The van der Waals surface area contributed by atoms with Gasteiger partial charge in [0.25, 0.3) is 0 Å². The zero-order chi connectivity index (χ0) is 16.0. The maximum atomic E-state index is 11.0. The van der Waals surface area contributed by atoms with Gasteiger partial charge in [-0.25, -0.2) is 4.98 Å². The molecule has 2 unspecified atom stereocenters. The quantitative estimate of drug-likeness (QED) is 0.913. The summed E-state index contributed by atoms with van der Waals surface area (Å²) < 4.78 is 5.40. The van der Waals surface area contributed by atoms with Gasteiger partial charge in [0.1, 0.15) is 10.8 Å². The fourth-order valence-corrected chi connectivity index (χ4v) is 4.64. The topological polar surface area (TPSA) is 62.7 Å². The molecular weight excluding hydrogens is 312 g/mol. The van der Waals surface area contributed by atoms with E-state index in [9.17, 15) is 4.79 Å². The van der Waals surface area contributed by atoms with Crippen LogP contribution in [0.4, 0.5) is 0 Å². The summed E-state index contributed by atoms with van der Waals surface area (Å²) in [5.41, 5.74) is 1.02. The van der Waals surface area contributed by atoms with Gasteiger partial charge in [-0.05, 0) is 24.0 Å². The van der Waals surface area contributed by atoms with Crippen LogP contribution in [0.3, 0.4) is 0 Å². The van der Waals surface area contributed by atoms with Crippen LogP contribution in [0.25, 0.3) is 10.6 Å². The average molecular weight is 330 g/mol. The molecule has 5 nitrogen and oxygen atoms in total. The Labute approximate surface area is 138 Å². The van der Waals surface area contributed by atoms with Gasteiger partial charge in [0, 0.05) is 30.7 Å². The second-order valence-electron chi connectivity index (χ2n) is 6.22. The van der Waals surface area contributed by atoms with E-state index in [4.69, 9.17) is 9.84 Å². The number of benzene rings is 1. The van der Waals surface area contributed by atoms with E-state index in [1.54, 1.807) is 18.4 Å². The Morgan fingerprint density at radius 1 is 1.39 bits per heavy atom. The van der Waals surface area contributed by atoms with Crippen LogP contribution in [0.5, 0.6) is 5.75 Å². The highest BCUT2D eigenvalue weighted by Gasteiger charge is 2.59. The number of carbonyl (C=O) groups is 1. The number of hydrogen-bond donors (Lipinski definition) is 1. The van der Waals surface area contributed by atoms with Crippen LogP contribution >= 0.6 is 11.3 Å². The Morgan fingerprint density at radius 3 is 2.83 bits per heavy atom. The number of aromatic nitrogens is 1. The summed E-state index contributed by atoms with van der Waals surface area (Å²) in [5.74, 6) is 0.816. The second kappa shape index (κ2) is 5.62. The normalized spacial score (nSPS) is 26.0. The van der Waals surface area contributed by atoms with Crippen LogP contribution in [0, 0.1) is 17.8 Å². The molecule has 1 saturated heterocycles. The molecule has 0 spiro atoms. The van der Waals surface area contributed by atoms with Gasteiger partial charge in [-0.15, -0.1) is 11.3 Å². The first kappa shape index (κ1) is 14.7. The first-order valence-electron chi connectivity index (χ1n) is 7.70. The third-order valence-corrected chi connectivity index (χ3v) is 5.84. The molecule has 2 fully saturated rings. The minimum Gasteiger partial charge on any atom is -0.496 e. The number of methoxy groups -OCH3 is 1. The van der Waals surface area contributed by atoms with Gasteiger partial charge in [0.05, 0.1) is 18.6 Å². The largest absolute Gasteiger partial charge is 0.496 e. The van der Waals surface area contributed by atoms with Gasteiger partial charge in [-0.2, -0.15) is 0 Å². The molecule has 120 valence electrons. The lowest BCUT2D eigenvalue weighted by Crippen LogP contribution is -2.25. The summed E-state index contributed by atoms with van der Waals surface area (Å²) in [6.07, 6.45) is 1.92. The van der Waals surface area contributed by atoms with Crippen LogP contribution in [-0.4, -0.2) is 41.2 Å². The summed E-state index contributed by atoms with van der Waals surface area (Å²) in [5, 5.41) is 10.0. The first-order valence-corrected chi connectivity index (χ1v) is 8.52. The van der Waals surface area contributed by atoms with Crippen molar-refractivity contribution in [2.24, 2.45) is 17.8 Å². The zero-order valence-electron chi connectivity index (χ0n) is 12.8. The van der Waals surface area contributed by atoms with Gasteiger partial charge in [-0.1, -0.05) is 12.1 Å². The van der Waals surface area contributed by atoms with E-state index in [0.717, 1.165) is 36.0 Å². The van der Waals surface area contributed by atoms with Gasteiger partial charge in [0.2, 0.25) is 0 Å². The van der Waals surface area contributed by atoms with Crippen LogP contribution in [0.15, 0.2) is 30.5 Å². The van der Waals surface area contributed by atoms with E-state index in [2.05, 4.69) is 9.88 Å². The zero-order valence-corrected chi connectivity index (χ0v) is 13.6. The number of carboxylic acid groups (broad SMARTS) is 1. The standard InChI is InChI=1S/C17H18N2O3S/c1-22-14-5-3-2-4-11(14)16-18-6-10(23-16)7-19-8-12-13(9-19)15(12)17(20)21/h2-6,12-13,15H,7-9H2,1H3,(H,20,21). The highest BCUT2D eigenvalue weighted by atomic mass is 32.1. The van der Waals surface area contributed by atoms with Crippen molar-refractivity contribution in [1.29, 1.82) is 0 Å². The van der Waals surface area contributed by atoms with Gasteiger partial charge in [0.15, 0.2) is 0 Å². The highest BCUT2D eigenvalue weighted by Crippen LogP contribution is 2.52. The van der Waals surface area contributed by atoms with Gasteiger partial charge >= 0.3 is 5.97 Å². The molecule has 1 saturated carbocycles. The summed E-state index contributed by atoms with van der Waals surface area (Å²) in [4.78, 5) is 19.1. The minimum absolute atomic E-state index is 0.100. The average Bonchev–Trinajstić information content (AvgIpc) is 2.89. The van der Waals surface area contributed by atoms with Crippen molar-refractivity contribution in [1.82, 2.24) is 9.88 Å². The number of fused-ring (bicyclic) bond motifs is 1. The Bertz CT molecular complexity index is 733. The molecule has 4 rings (SSSR count). The van der Waals surface area contributed by atoms with Crippen molar-refractivity contribution in [3.05, 3.63) is 35.3 Å². The van der Waals surface area contributed by atoms with E-state index in [0.29, 0.717) is 11.8 Å². The third kappa shape index (κ3) is 2.62. The Hall–Kier alpha value is -1.92. The molecule has 2 aliphatic rings. The Morgan fingerprint density at radius 2 is 2.13 bits per heavy atom. The van der Waals surface area contributed by atoms with E-state index in [-0.39, 0.29) is 5.92 Å². The summed E-state index contributed by atoms with van der Waals surface area (Å²) in [6.45, 7) is 2.64. The van der Waals surface area contributed by atoms with Crippen molar-refractivity contribution in [3.8, 4) is 16.3 Å². The lowest BCUT2D eigenvalue weighted by Gasteiger charge is -2.17. The van der Waals surface area contributed by atoms with Crippen LogP contribution < -0.4 is 4.74 Å². The minimum atomic E-state index is -0.629. The molecule has 0 bridgehead atoms. The molecular formula is C17H18N2O3S. The molecule has 1 aromatic carbocycles. The molecule has 1 aliphatic heterocycles. The number of thiazole rings is 1.